The third-order valence-corrected chi connectivity index (χ3v) is 3.81. The highest BCUT2D eigenvalue weighted by molar-refractivity contribution is 5.43. The van der Waals surface area contributed by atoms with Crippen molar-refractivity contribution in [1.29, 1.82) is 0 Å². The van der Waals surface area contributed by atoms with E-state index in [0.717, 1.165) is 18.5 Å². The van der Waals surface area contributed by atoms with Gasteiger partial charge in [-0.15, -0.1) is 0 Å². The first-order valence-electron chi connectivity index (χ1n) is 7.07. The number of pyridine rings is 1. The van der Waals surface area contributed by atoms with E-state index in [0.29, 0.717) is 17.4 Å². The van der Waals surface area contributed by atoms with Crippen LogP contribution in [0.5, 0.6) is 5.88 Å². The minimum atomic E-state index is -4.34. The molecule has 21 heavy (non-hydrogen) atoms. The SMILES string of the molecule is CC1CC(C)(C)CC1Nc1ccc(OCC(F)(F)F)nc1. The maximum atomic E-state index is 12.0. The van der Waals surface area contributed by atoms with E-state index >= 15 is 0 Å². The molecule has 1 aliphatic rings. The van der Waals surface area contributed by atoms with Gasteiger partial charge in [0.25, 0.3) is 0 Å². The second kappa shape index (κ2) is 5.73. The number of anilines is 1. The monoisotopic (exact) mass is 302 g/mol. The van der Waals surface area contributed by atoms with Crippen LogP contribution in [0.4, 0.5) is 18.9 Å². The quantitative estimate of drug-likeness (QED) is 0.902. The summed E-state index contributed by atoms with van der Waals surface area (Å²) >= 11 is 0. The third-order valence-electron chi connectivity index (χ3n) is 3.81. The fourth-order valence-corrected chi connectivity index (χ4v) is 3.01. The summed E-state index contributed by atoms with van der Waals surface area (Å²) in [6, 6.07) is 3.53. The molecule has 1 aromatic rings. The molecule has 1 heterocycles. The number of rotatable bonds is 4. The van der Waals surface area contributed by atoms with Crippen LogP contribution in [-0.2, 0) is 0 Å². The molecule has 1 saturated carbocycles. The molecule has 3 nitrogen and oxygen atoms in total. The number of alkyl halides is 3. The first-order valence-corrected chi connectivity index (χ1v) is 7.07. The zero-order valence-electron chi connectivity index (χ0n) is 12.5. The number of aromatic nitrogens is 1. The topological polar surface area (TPSA) is 34.1 Å². The molecular formula is C15H21F3N2O. The highest BCUT2D eigenvalue weighted by atomic mass is 19.4. The van der Waals surface area contributed by atoms with Gasteiger partial charge in [-0.3, -0.25) is 0 Å². The Balaban J connectivity index is 1.91. The van der Waals surface area contributed by atoms with Crippen LogP contribution in [0.25, 0.3) is 0 Å². The maximum Gasteiger partial charge on any atom is 0.422 e. The van der Waals surface area contributed by atoms with Crippen molar-refractivity contribution >= 4 is 5.69 Å². The first-order chi connectivity index (χ1) is 9.65. The Morgan fingerprint density at radius 1 is 1.33 bits per heavy atom. The average molecular weight is 302 g/mol. The largest absolute Gasteiger partial charge is 0.468 e. The van der Waals surface area contributed by atoms with Crippen LogP contribution in [0, 0.1) is 11.3 Å². The van der Waals surface area contributed by atoms with E-state index in [1.54, 1.807) is 6.07 Å². The van der Waals surface area contributed by atoms with Crippen LogP contribution in [0.15, 0.2) is 18.3 Å². The van der Waals surface area contributed by atoms with E-state index in [4.69, 9.17) is 0 Å². The summed E-state index contributed by atoms with van der Waals surface area (Å²) in [5.41, 5.74) is 1.13. The van der Waals surface area contributed by atoms with Crippen LogP contribution in [0.3, 0.4) is 0 Å². The van der Waals surface area contributed by atoms with E-state index in [-0.39, 0.29) is 5.88 Å². The summed E-state index contributed by atoms with van der Waals surface area (Å²) < 4.78 is 40.7. The van der Waals surface area contributed by atoms with Gasteiger partial charge in [-0.1, -0.05) is 20.8 Å². The van der Waals surface area contributed by atoms with Crippen LogP contribution in [0.2, 0.25) is 0 Å². The van der Waals surface area contributed by atoms with Gasteiger partial charge in [0, 0.05) is 12.1 Å². The van der Waals surface area contributed by atoms with Gasteiger partial charge in [-0.2, -0.15) is 13.2 Å². The fourth-order valence-electron chi connectivity index (χ4n) is 3.01. The Morgan fingerprint density at radius 2 is 2.05 bits per heavy atom. The zero-order valence-corrected chi connectivity index (χ0v) is 12.5. The van der Waals surface area contributed by atoms with Crippen LogP contribution < -0.4 is 10.1 Å². The van der Waals surface area contributed by atoms with Gasteiger partial charge < -0.3 is 10.1 Å². The van der Waals surface area contributed by atoms with Crippen molar-refractivity contribution in [3.8, 4) is 5.88 Å². The Labute approximate surface area is 122 Å². The second-order valence-corrected chi connectivity index (χ2v) is 6.59. The zero-order chi connectivity index (χ0) is 15.7. The third kappa shape index (κ3) is 4.79. The number of hydrogen-bond acceptors (Lipinski definition) is 3. The lowest BCUT2D eigenvalue weighted by molar-refractivity contribution is -0.154. The Morgan fingerprint density at radius 3 is 2.52 bits per heavy atom. The molecule has 0 bridgehead atoms. The average Bonchev–Trinajstić information content (AvgIpc) is 2.60. The predicted molar refractivity (Wildman–Crippen MR) is 75.4 cm³/mol. The number of nitrogens with one attached hydrogen (secondary N) is 1. The molecule has 0 amide bonds. The molecule has 2 atom stereocenters. The van der Waals surface area contributed by atoms with Gasteiger partial charge >= 0.3 is 6.18 Å². The molecule has 0 spiro atoms. The lowest BCUT2D eigenvalue weighted by Crippen LogP contribution is -2.22. The number of nitrogens with zero attached hydrogens (tertiary/aromatic N) is 1. The van der Waals surface area contributed by atoms with E-state index in [1.165, 1.54) is 12.3 Å². The summed E-state index contributed by atoms with van der Waals surface area (Å²) in [5.74, 6) is 0.541. The van der Waals surface area contributed by atoms with E-state index in [1.807, 2.05) is 0 Å². The van der Waals surface area contributed by atoms with Crippen LogP contribution >= 0.6 is 0 Å². The molecule has 0 saturated heterocycles. The molecule has 1 aliphatic carbocycles. The van der Waals surface area contributed by atoms with Crippen molar-refractivity contribution in [2.24, 2.45) is 11.3 Å². The molecule has 0 aromatic carbocycles. The lowest BCUT2D eigenvalue weighted by atomic mass is 9.91. The summed E-state index contributed by atoms with van der Waals surface area (Å²) in [5, 5.41) is 3.41. The number of ether oxygens (including phenoxy) is 1. The summed E-state index contributed by atoms with van der Waals surface area (Å²) in [6.45, 7) is 5.39. The van der Waals surface area contributed by atoms with Crippen molar-refractivity contribution in [2.75, 3.05) is 11.9 Å². The lowest BCUT2D eigenvalue weighted by Gasteiger charge is -2.19. The van der Waals surface area contributed by atoms with Gasteiger partial charge in [0.05, 0.1) is 11.9 Å². The molecule has 0 radical (unpaired) electrons. The van der Waals surface area contributed by atoms with Gasteiger partial charge in [0.1, 0.15) is 0 Å². The molecule has 118 valence electrons. The smallest absolute Gasteiger partial charge is 0.422 e. The minimum absolute atomic E-state index is 0.0160. The summed E-state index contributed by atoms with van der Waals surface area (Å²) in [4.78, 5) is 3.90. The van der Waals surface area contributed by atoms with Crippen LogP contribution in [0.1, 0.15) is 33.6 Å². The Hall–Kier alpha value is -1.46. The molecule has 0 aliphatic heterocycles. The first kappa shape index (κ1) is 15.9. The van der Waals surface area contributed by atoms with Gasteiger partial charge in [-0.05, 0) is 30.2 Å². The fraction of sp³-hybridized carbons (Fsp3) is 0.667. The molecule has 2 rings (SSSR count). The Kier molecular flexibility index (Phi) is 4.35. The highest BCUT2D eigenvalue weighted by Gasteiger charge is 2.36. The number of halogens is 3. The predicted octanol–water partition coefficient (Wildman–Crippen LogP) is 4.26. The molecular weight excluding hydrogens is 281 g/mol. The van der Waals surface area contributed by atoms with Crippen molar-refractivity contribution in [3.05, 3.63) is 18.3 Å². The van der Waals surface area contributed by atoms with Crippen LogP contribution in [-0.4, -0.2) is 23.8 Å². The highest BCUT2D eigenvalue weighted by Crippen LogP contribution is 2.42. The summed E-state index contributed by atoms with van der Waals surface area (Å²) in [6.07, 6.45) is -0.599. The molecule has 2 unspecified atom stereocenters. The van der Waals surface area contributed by atoms with E-state index < -0.39 is 12.8 Å². The van der Waals surface area contributed by atoms with Gasteiger partial charge in [0.2, 0.25) is 5.88 Å². The molecule has 6 heteroatoms. The molecule has 1 aromatic heterocycles. The maximum absolute atomic E-state index is 12.0. The number of hydrogen-bond donors (Lipinski definition) is 1. The minimum Gasteiger partial charge on any atom is -0.468 e. The van der Waals surface area contributed by atoms with Crippen molar-refractivity contribution < 1.29 is 17.9 Å². The van der Waals surface area contributed by atoms with Crippen molar-refractivity contribution in [1.82, 2.24) is 4.98 Å². The second-order valence-electron chi connectivity index (χ2n) is 6.59. The molecule has 1 N–H and O–H groups in total. The van der Waals surface area contributed by atoms with E-state index in [2.05, 4.69) is 35.8 Å². The normalized spacial score (nSPS) is 24.9. The standard InChI is InChI=1S/C15H21F3N2O/c1-10-6-14(2,3)7-12(10)20-11-4-5-13(19-8-11)21-9-15(16,17)18/h4-5,8,10,12,20H,6-7,9H2,1-3H3. The molecule has 1 fully saturated rings. The van der Waals surface area contributed by atoms with Gasteiger partial charge in [0.15, 0.2) is 6.61 Å². The van der Waals surface area contributed by atoms with Gasteiger partial charge in [-0.25, -0.2) is 4.98 Å². The van der Waals surface area contributed by atoms with E-state index in [9.17, 15) is 13.2 Å². The van der Waals surface area contributed by atoms with Crippen molar-refractivity contribution in [2.45, 2.75) is 45.8 Å². The van der Waals surface area contributed by atoms with Crippen molar-refractivity contribution in [3.63, 3.8) is 0 Å². The summed E-state index contributed by atoms with van der Waals surface area (Å²) in [7, 11) is 0. The Bertz CT molecular complexity index is 471.